The van der Waals surface area contributed by atoms with Gasteiger partial charge in [-0.2, -0.15) is 0 Å². The van der Waals surface area contributed by atoms with Crippen molar-refractivity contribution in [1.82, 2.24) is 15.8 Å². The molecule has 76 valence electrons. The Kier molecular flexibility index (Phi) is 4.74. The Hall–Kier alpha value is -0.650. The highest BCUT2D eigenvalue weighted by Crippen LogP contribution is 1.92. The molecule has 2 N–H and O–H groups in total. The van der Waals surface area contributed by atoms with Gasteiger partial charge in [0.05, 0.1) is 13.2 Å². The zero-order chi connectivity index (χ0) is 9.52. The summed E-state index contributed by atoms with van der Waals surface area (Å²) in [7, 11) is 1.84. The molecule has 0 bridgehead atoms. The van der Waals surface area contributed by atoms with E-state index in [1.165, 1.54) is 0 Å². The van der Waals surface area contributed by atoms with Crippen molar-refractivity contribution in [1.29, 1.82) is 0 Å². The minimum Gasteiger partial charge on any atom is -0.379 e. The summed E-state index contributed by atoms with van der Waals surface area (Å²) in [5.74, 6) is 0.0660. The van der Waals surface area contributed by atoms with E-state index < -0.39 is 0 Å². The van der Waals surface area contributed by atoms with E-state index in [0.717, 1.165) is 19.6 Å². The van der Waals surface area contributed by atoms with Crippen molar-refractivity contribution >= 4 is 5.91 Å². The van der Waals surface area contributed by atoms with Crippen LogP contribution >= 0.6 is 0 Å². The summed E-state index contributed by atoms with van der Waals surface area (Å²) in [6.45, 7) is 3.69. The van der Waals surface area contributed by atoms with Gasteiger partial charge in [0.1, 0.15) is 0 Å². The van der Waals surface area contributed by atoms with E-state index in [1.54, 1.807) is 0 Å². The quantitative estimate of drug-likeness (QED) is 0.590. The minimum atomic E-state index is 0.0660. The standard InChI is InChI=1S/C8H17N3O2/c1-9-3-2-8(12)10-11-4-6-13-7-5-11/h9H,2-7H2,1H3,(H,10,12). The molecule has 0 saturated carbocycles. The number of hydrogen-bond acceptors (Lipinski definition) is 4. The van der Waals surface area contributed by atoms with E-state index in [1.807, 2.05) is 12.1 Å². The fourth-order valence-electron chi connectivity index (χ4n) is 1.15. The summed E-state index contributed by atoms with van der Waals surface area (Å²) < 4.78 is 5.16. The van der Waals surface area contributed by atoms with Gasteiger partial charge in [-0.05, 0) is 7.05 Å². The van der Waals surface area contributed by atoms with Gasteiger partial charge in [0.2, 0.25) is 5.91 Å². The van der Waals surface area contributed by atoms with Crippen LogP contribution in [0.15, 0.2) is 0 Å². The first-order valence-corrected chi connectivity index (χ1v) is 4.59. The number of carbonyl (C=O) groups excluding carboxylic acids is 1. The highest BCUT2D eigenvalue weighted by molar-refractivity contribution is 5.75. The first-order chi connectivity index (χ1) is 6.33. The highest BCUT2D eigenvalue weighted by atomic mass is 16.5. The molecule has 0 aromatic rings. The van der Waals surface area contributed by atoms with E-state index in [-0.39, 0.29) is 5.91 Å². The molecule has 5 nitrogen and oxygen atoms in total. The van der Waals surface area contributed by atoms with Crippen LogP contribution in [0, 0.1) is 0 Å². The molecule has 1 heterocycles. The Labute approximate surface area is 78.4 Å². The molecule has 1 saturated heterocycles. The maximum Gasteiger partial charge on any atom is 0.235 e. The van der Waals surface area contributed by atoms with Gasteiger partial charge in [0.25, 0.3) is 0 Å². The van der Waals surface area contributed by atoms with Crippen molar-refractivity contribution in [2.24, 2.45) is 0 Å². The van der Waals surface area contributed by atoms with Gasteiger partial charge in [-0.3, -0.25) is 10.2 Å². The fourth-order valence-corrected chi connectivity index (χ4v) is 1.15. The lowest BCUT2D eigenvalue weighted by Crippen LogP contribution is -2.48. The van der Waals surface area contributed by atoms with E-state index in [9.17, 15) is 4.79 Å². The molecule has 1 fully saturated rings. The number of rotatable bonds is 4. The number of ether oxygens (including phenoxy) is 1. The second-order valence-electron chi connectivity index (χ2n) is 2.99. The monoisotopic (exact) mass is 187 g/mol. The summed E-state index contributed by atoms with van der Waals surface area (Å²) in [6, 6.07) is 0. The second kappa shape index (κ2) is 5.90. The van der Waals surface area contributed by atoms with Crippen LogP contribution in [0.3, 0.4) is 0 Å². The van der Waals surface area contributed by atoms with Crippen LogP contribution in [0.4, 0.5) is 0 Å². The number of nitrogens with zero attached hydrogens (tertiary/aromatic N) is 1. The summed E-state index contributed by atoms with van der Waals surface area (Å²) in [4.78, 5) is 11.2. The van der Waals surface area contributed by atoms with Crippen molar-refractivity contribution in [3.63, 3.8) is 0 Å². The van der Waals surface area contributed by atoms with E-state index in [0.29, 0.717) is 19.6 Å². The van der Waals surface area contributed by atoms with Crippen LogP contribution in [0.25, 0.3) is 0 Å². The van der Waals surface area contributed by atoms with Gasteiger partial charge in [-0.25, -0.2) is 5.01 Å². The predicted octanol–water partition coefficient (Wildman–Crippen LogP) is -1.04. The normalized spacial score (nSPS) is 18.5. The van der Waals surface area contributed by atoms with Crippen molar-refractivity contribution in [2.45, 2.75) is 6.42 Å². The van der Waals surface area contributed by atoms with Crippen molar-refractivity contribution in [3.8, 4) is 0 Å². The molecule has 1 aliphatic rings. The first-order valence-electron chi connectivity index (χ1n) is 4.59. The molecule has 0 atom stereocenters. The molecule has 0 aromatic heterocycles. The number of morpholine rings is 1. The first kappa shape index (κ1) is 10.4. The molecule has 1 rings (SSSR count). The third kappa shape index (κ3) is 4.21. The average molecular weight is 187 g/mol. The summed E-state index contributed by atoms with van der Waals surface area (Å²) in [6.07, 6.45) is 0.522. The van der Waals surface area contributed by atoms with Crippen LogP contribution in [0.2, 0.25) is 0 Å². The fraction of sp³-hybridized carbons (Fsp3) is 0.875. The van der Waals surface area contributed by atoms with Crippen LogP contribution in [-0.4, -0.2) is 50.8 Å². The predicted molar refractivity (Wildman–Crippen MR) is 49.1 cm³/mol. The van der Waals surface area contributed by atoms with Gasteiger partial charge in [0.15, 0.2) is 0 Å². The smallest absolute Gasteiger partial charge is 0.235 e. The number of nitrogens with one attached hydrogen (secondary N) is 2. The molecular formula is C8H17N3O2. The van der Waals surface area contributed by atoms with Gasteiger partial charge in [-0.15, -0.1) is 0 Å². The minimum absolute atomic E-state index is 0.0660. The van der Waals surface area contributed by atoms with Crippen molar-refractivity contribution < 1.29 is 9.53 Å². The SMILES string of the molecule is CNCCC(=O)NN1CCOCC1. The lowest BCUT2D eigenvalue weighted by Gasteiger charge is -2.26. The van der Waals surface area contributed by atoms with Crippen LogP contribution in [0.5, 0.6) is 0 Å². The molecule has 5 heteroatoms. The van der Waals surface area contributed by atoms with Crippen molar-refractivity contribution in [2.75, 3.05) is 39.9 Å². The maximum absolute atomic E-state index is 11.2. The third-order valence-electron chi connectivity index (χ3n) is 1.90. The van der Waals surface area contributed by atoms with Gasteiger partial charge in [-0.1, -0.05) is 0 Å². The summed E-state index contributed by atoms with van der Waals surface area (Å²) >= 11 is 0. The molecule has 0 aliphatic carbocycles. The Morgan fingerprint density at radius 1 is 1.46 bits per heavy atom. The molecule has 1 aliphatic heterocycles. The molecule has 1 amide bonds. The number of hydrazine groups is 1. The lowest BCUT2D eigenvalue weighted by atomic mass is 10.4. The third-order valence-corrected chi connectivity index (χ3v) is 1.90. The van der Waals surface area contributed by atoms with Gasteiger partial charge in [0, 0.05) is 26.1 Å². The summed E-state index contributed by atoms with van der Waals surface area (Å²) in [5.41, 5.74) is 2.83. The Bertz CT molecular complexity index is 157. The van der Waals surface area contributed by atoms with Gasteiger partial charge < -0.3 is 10.1 Å². The molecular weight excluding hydrogens is 170 g/mol. The molecule has 0 aromatic carbocycles. The van der Waals surface area contributed by atoms with E-state index >= 15 is 0 Å². The van der Waals surface area contributed by atoms with Crippen LogP contribution in [0.1, 0.15) is 6.42 Å². The maximum atomic E-state index is 11.2. The zero-order valence-electron chi connectivity index (χ0n) is 8.01. The molecule has 13 heavy (non-hydrogen) atoms. The van der Waals surface area contributed by atoms with Crippen LogP contribution in [-0.2, 0) is 9.53 Å². The second-order valence-corrected chi connectivity index (χ2v) is 2.99. The molecule has 0 radical (unpaired) electrons. The lowest BCUT2D eigenvalue weighted by molar-refractivity contribution is -0.127. The van der Waals surface area contributed by atoms with Crippen LogP contribution < -0.4 is 10.7 Å². The zero-order valence-corrected chi connectivity index (χ0v) is 8.01. The molecule has 0 spiro atoms. The Balaban J connectivity index is 2.11. The average Bonchev–Trinajstić information content (AvgIpc) is 2.16. The largest absolute Gasteiger partial charge is 0.379 e. The summed E-state index contributed by atoms with van der Waals surface area (Å²) in [5, 5.41) is 4.84. The Morgan fingerprint density at radius 3 is 2.77 bits per heavy atom. The number of hydrogen-bond donors (Lipinski definition) is 2. The topological polar surface area (TPSA) is 53.6 Å². The number of carbonyl (C=O) groups is 1. The number of amides is 1. The van der Waals surface area contributed by atoms with E-state index in [4.69, 9.17) is 4.74 Å². The highest BCUT2D eigenvalue weighted by Gasteiger charge is 2.11. The van der Waals surface area contributed by atoms with E-state index in [2.05, 4.69) is 10.7 Å². The molecule has 0 unspecified atom stereocenters. The Morgan fingerprint density at radius 2 is 2.15 bits per heavy atom. The van der Waals surface area contributed by atoms with Gasteiger partial charge >= 0.3 is 0 Å². The van der Waals surface area contributed by atoms with Crippen molar-refractivity contribution in [3.05, 3.63) is 0 Å².